The normalized spacial score (nSPS) is 20.0. The number of benzene rings is 1. The van der Waals surface area contributed by atoms with E-state index in [0.29, 0.717) is 10.4 Å². The van der Waals surface area contributed by atoms with Gasteiger partial charge in [-0.25, -0.2) is 4.39 Å². The van der Waals surface area contributed by atoms with E-state index < -0.39 is 5.97 Å². The van der Waals surface area contributed by atoms with E-state index in [1.165, 1.54) is 0 Å². The van der Waals surface area contributed by atoms with Gasteiger partial charge in [-0.05, 0) is 65.4 Å². The molecule has 110 valence electrons. The Bertz CT molecular complexity index is 481. The Morgan fingerprint density at radius 1 is 1.50 bits per heavy atom. The highest BCUT2D eigenvalue weighted by atomic mass is 79.9. The minimum atomic E-state index is -0.725. The smallest absolute Gasteiger partial charge is 0.303 e. The molecule has 1 aromatic rings. The maximum atomic E-state index is 13.5. The van der Waals surface area contributed by atoms with E-state index in [9.17, 15) is 9.18 Å². The van der Waals surface area contributed by atoms with Crippen molar-refractivity contribution in [2.45, 2.75) is 32.2 Å². The average molecular weight is 344 g/mol. The first-order valence-electron chi connectivity index (χ1n) is 6.92. The lowest BCUT2D eigenvalue weighted by molar-refractivity contribution is -0.137. The summed E-state index contributed by atoms with van der Waals surface area (Å²) in [5.74, 6) is -0.515. The van der Waals surface area contributed by atoms with Crippen LogP contribution in [0.1, 0.15) is 31.2 Å². The van der Waals surface area contributed by atoms with Crippen molar-refractivity contribution in [2.24, 2.45) is 5.92 Å². The Hall–Kier alpha value is -0.940. The lowest BCUT2D eigenvalue weighted by atomic mass is 9.93. The van der Waals surface area contributed by atoms with Crippen LogP contribution in [-0.2, 0) is 11.3 Å². The maximum absolute atomic E-state index is 13.5. The molecule has 0 amide bonds. The van der Waals surface area contributed by atoms with E-state index >= 15 is 0 Å². The standard InChI is InChI=1S/C15H19BrFNO2/c16-13-5-3-12(8-14(13)17)10-18-7-1-2-11(9-18)4-6-15(19)20/h3,5,8,11H,1-2,4,6-7,9-10H2,(H,19,20). The van der Waals surface area contributed by atoms with E-state index in [-0.39, 0.29) is 12.2 Å². The minimum Gasteiger partial charge on any atom is -0.481 e. The second-order valence-electron chi connectivity index (χ2n) is 5.42. The molecule has 0 bridgehead atoms. The van der Waals surface area contributed by atoms with Crippen LogP contribution in [0, 0.1) is 11.7 Å². The van der Waals surface area contributed by atoms with Crippen molar-refractivity contribution in [3.05, 3.63) is 34.1 Å². The number of likely N-dealkylation sites (tertiary alicyclic amines) is 1. The summed E-state index contributed by atoms with van der Waals surface area (Å²) in [6, 6.07) is 5.22. The Morgan fingerprint density at radius 3 is 3.00 bits per heavy atom. The minimum absolute atomic E-state index is 0.234. The van der Waals surface area contributed by atoms with E-state index in [4.69, 9.17) is 5.11 Å². The molecule has 1 saturated heterocycles. The molecule has 1 heterocycles. The van der Waals surface area contributed by atoms with Gasteiger partial charge in [-0.15, -0.1) is 0 Å². The Balaban J connectivity index is 1.88. The van der Waals surface area contributed by atoms with Gasteiger partial charge >= 0.3 is 5.97 Å². The third-order valence-corrected chi connectivity index (χ3v) is 4.40. The average Bonchev–Trinajstić information content (AvgIpc) is 2.41. The Morgan fingerprint density at radius 2 is 2.30 bits per heavy atom. The van der Waals surface area contributed by atoms with Crippen molar-refractivity contribution >= 4 is 21.9 Å². The number of hydrogen-bond donors (Lipinski definition) is 1. The number of carboxylic acid groups (broad SMARTS) is 1. The van der Waals surface area contributed by atoms with Gasteiger partial charge < -0.3 is 5.11 Å². The van der Waals surface area contributed by atoms with Gasteiger partial charge in [0.2, 0.25) is 0 Å². The second-order valence-corrected chi connectivity index (χ2v) is 6.28. The molecule has 1 atom stereocenters. The van der Waals surface area contributed by atoms with Gasteiger partial charge in [0.1, 0.15) is 5.82 Å². The molecule has 1 unspecified atom stereocenters. The molecule has 1 N–H and O–H groups in total. The lowest BCUT2D eigenvalue weighted by Crippen LogP contribution is -2.35. The zero-order valence-corrected chi connectivity index (χ0v) is 12.9. The van der Waals surface area contributed by atoms with Crippen molar-refractivity contribution in [1.29, 1.82) is 0 Å². The van der Waals surface area contributed by atoms with Gasteiger partial charge in [0.05, 0.1) is 4.47 Å². The van der Waals surface area contributed by atoms with Crippen LogP contribution >= 0.6 is 15.9 Å². The third kappa shape index (κ3) is 4.56. The highest BCUT2D eigenvalue weighted by Gasteiger charge is 2.20. The molecule has 0 aliphatic carbocycles. The largest absolute Gasteiger partial charge is 0.481 e. The fourth-order valence-corrected chi connectivity index (χ4v) is 3.00. The number of halogens is 2. The number of hydrogen-bond acceptors (Lipinski definition) is 2. The summed E-state index contributed by atoms with van der Waals surface area (Å²) in [6.07, 6.45) is 3.16. The van der Waals surface area contributed by atoms with Crippen LogP contribution in [-0.4, -0.2) is 29.1 Å². The van der Waals surface area contributed by atoms with E-state index in [0.717, 1.165) is 44.5 Å². The SMILES string of the molecule is O=C(O)CCC1CCCN(Cc2ccc(Br)c(F)c2)C1. The molecule has 1 aromatic carbocycles. The molecule has 0 spiro atoms. The van der Waals surface area contributed by atoms with Crippen molar-refractivity contribution < 1.29 is 14.3 Å². The van der Waals surface area contributed by atoms with Gasteiger partial charge in [-0.3, -0.25) is 9.69 Å². The molecule has 20 heavy (non-hydrogen) atoms. The summed E-state index contributed by atoms with van der Waals surface area (Å²) in [5.41, 5.74) is 0.963. The van der Waals surface area contributed by atoms with Crippen molar-refractivity contribution in [3.8, 4) is 0 Å². The van der Waals surface area contributed by atoms with Crippen LogP contribution in [0.5, 0.6) is 0 Å². The van der Waals surface area contributed by atoms with Gasteiger partial charge in [0, 0.05) is 19.5 Å². The summed E-state index contributed by atoms with van der Waals surface area (Å²) in [6.45, 7) is 2.64. The zero-order chi connectivity index (χ0) is 14.5. The van der Waals surface area contributed by atoms with Gasteiger partial charge in [0.15, 0.2) is 0 Å². The molecule has 1 aliphatic heterocycles. The number of nitrogens with zero attached hydrogens (tertiary/aromatic N) is 1. The van der Waals surface area contributed by atoms with Crippen LogP contribution in [0.15, 0.2) is 22.7 Å². The molecular formula is C15H19BrFNO2. The molecule has 0 saturated carbocycles. The van der Waals surface area contributed by atoms with E-state index in [1.54, 1.807) is 12.1 Å². The predicted octanol–water partition coefficient (Wildman–Crippen LogP) is 3.67. The van der Waals surface area contributed by atoms with Crippen molar-refractivity contribution in [2.75, 3.05) is 13.1 Å². The highest BCUT2D eigenvalue weighted by molar-refractivity contribution is 9.10. The molecule has 1 aliphatic rings. The first-order valence-corrected chi connectivity index (χ1v) is 7.72. The van der Waals surface area contributed by atoms with Crippen LogP contribution in [0.2, 0.25) is 0 Å². The van der Waals surface area contributed by atoms with Crippen LogP contribution < -0.4 is 0 Å². The zero-order valence-electron chi connectivity index (χ0n) is 11.3. The molecule has 3 nitrogen and oxygen atoms in total. The summed E-state index contributed by atoms with van der Waals surface area (Å²) in [4.78, 5) is 12.9. The number of carboxylic acids is 1. The maximum Gasteiger partial charge on any atom is 0.303 e. The van der Waals surface area contributed by atoms with Gasteiger partial charge in [0.25, 0.3) is 0 Å². The summed E-state index contributed by atoms with van der Waals surface area (Å²) in [7, 11) is 0. The monoisotopic (exact) mass is 343 g/mol. The van der Waals surface area contributed by atoms with Crippen LogP contribution in [0.25, 0.3) is 0 Å². The molecule has 2 rings (SSSR count). The molecule has 1 fully saturated rings. The van der Waals surface area contributed by atoms with Gasteiger partial charge in [-0.1, -0.05) is 6.07 Å². The third-order valence-electron chi connectivity index (χ3n) is 3.76. The quantitative estimate of drug-likeness (QED) is 0.886. The van der Waals surface area contributed by atoms with Gasteiger partial charge in [-0.2, -0.15) is 0 Å². The topological polar surface area (TPSA) is 40.5 Å². The van der Waals surface area contributed by atoms with Crippen molar-refractivity contribution in [3.63, 3.8) is 0 Å². The number of aliphatic carboxylic acids is 1. The van der Waals surface area contributed by atoms with Crippen molar-refractivity contribution in [1.82, 2.24) is 4.90 Å². The molecule has 0 aromatic heterocycles. The van der Waals surface area contributed by atoms with Crippen LogP contribution in [0.3, 0.4) is 0 Å². The summed E-state index contributed by atoms with van der Waals surface area (Å²) in [5, 5.41) is 8.74. The molecule has 0 radical (unpaired) electrons. The van der Waals surface area contributed by atoms with E-state index in [2.05, 4.69) is 20.8 Å². The lowest BCUT2D eigenvalue weighted by Gasteiger charge is -2.32. The fraction of sp³-hybridized carbons (Fsp3) is 0.533. The number of rotatable bonds is 5. The summed E-state index contributed by atoms with van der Waals surface area (Å²) >= 11 is 3.15. The number of piperidine rings is 1. The first-order chi connectivity index (χ1) is 9.54. The van der Waals surface area contributed by atoms with Crippen LogP contribution in [0.4, 0.5) is 4.39 Å². The first kappa shape index (κ1) is 15.4. The molecule has 5 heteroatoms. The predicted molar refractivity (Wildman–Crippen MR) is 79.0 cm³/mol. The molecular weight excluding hydrogens is 325 g/mol. The second kappa shape index (κ2) is 7.18. The highest BCUT2D eigenvalue weighted by Crippen LogP contribution is 2.23. The fourth-order valence-electron chi connectivity index (χ4n) is 2.75. The van der Waals surface area contributed by atoms with E-state index in [1.807, 2.05) is 6.07 Å². The summed E-state index contributed by atoms with van der Waals surface area (Å²) < 4.78 is 14.0. The Labute approximate surface area is 126 Å². The number of carbonyl (C=O) groups is 1. The Kier molecular flexibility index (Phi) is 5.54.